The lowest BCUT2D eigenvalue weighted by molar-refractivity contribution is -0.137. The maximum absolute atomic E-state index is 13.1. The summed E-state index contributed by atoms with van der Waals surface area (Å²) >= 11 is 1.40. The van der Waals surface area contributed by atoms with Crippen molar-refractivity contribution in [2.75, 3.05) is 24.8 Å². The first-order chi connectivity index (χ1) is 13.8. The topological polar surface area (TPSA) is 81.6 Å². The van der Waals surface area contributed by atoms with Crippen LogP contribution in [0.5, 0.6) is 0 Å². The van der Waals surface area contributed by atoms with Crippen LogP contribution in [0.2, 0.25) is 0 Å². The summed E-state index contributed by atoms with van der Waals surface area (Å²) in [6, 6.07) is 1.35. The number of imidazole rings is 1. The number of nitrogen functional groups attached to an aromatic ring is 1. The first-order valence-corrected chi connectivity index (χ1v) is 10.0. The van der Waals surface area contributed by atoms with Gasteiger partial charge >= 0.3 is 6.18 Å². The number of hydrogen-bond acceptors (Lipinski definition) is 7. The molecule has 2 N–H and O–H groups in total. The van der Waals surface area contributed by atoms with Gasteiger partial charge in [-0.15, -0.1) is 5.10 Å². The van der Waals surface area contributed by atoms with Crippen LogP contribution in [0.15, 0.2) is 18.5 Å². The van der Waals surface area contributed by atoms with Gasteiger partial charge in [-0.1, -0.05) is 11.3 Å². The number of rotatable bonds is 4. The molecule has 0 unspecified atom stereocenters. The van der Waals surface area contributed by atoms with E-state index in [1.165, 1.54) is 17.5 Å². The van der Waals surface area contributed by atoms with E-state index in [0.717, 1.165) is 36.9 Å². The molecular formula is C18H21F3N6OS. The molecule has 3 heterocycles. The van der Waals surface area contributed by atoms with Crippen LogP contribution in [0.4, 0.5) is 24.1 Å². The summed E-state index contributed by atoms with van der Waals surface area (Å²) in [5.74, 6) is -0.549. The highest BCUT2D eigenvalue weighted by molar-refractivity contribution is 7.20. The Kier molecular flexibility index (Phi) is 5.11. The third kappa shape index (κ3) is 3.88. The molecule has 0 atom stereocenters. The normalized spacial score (nSPS) is 20.3. The third-order valence-corrected chi connectivity index (χ3v) is 6.39. The van der Waals surface area contributed by atoms with Gasteiger partial charge in [-0.3, -0.25) is 0 Å². The Hall–Kier alpha value is -2.40. The van der Waals surface area contributed by atoms with Crippen LogP contribution >= 0.6 is 11.3 Å². The molecule has 1 fully saturated rings. The Balaban J connectivity index is 1.56. The molecule has 0 radical (unpaired) electrons. The maximum atomic E-state index is 13.1. The van der Waals surface area contributed by atoms with Gasteiger partial charge < -0.3 is 15.4 Å². The molecule has 0 amide bonds. The van der Waals surface area contributed by atoms with Gasteiger partial charge in [-0.25, -0.2) is 14.5 Å². The van der Waals surface area contributed by atoms with Crippen molar-refractivity contribution >= 4 is 27.2 Å². The Morgan fingerprint density at radius 3 is 2.62 bits per heavy atom. The molecule has 1 aliphatic carbocycles. The lowest BCUT2D eigenvalue weighted by Gasteiger charge is -2.33. The fourth-order valence-corrected chi connectivity index (χ4v) is 4.55. The molecule has 0 bridgehead atoms. The van der Waals surface area contributed by atoms with Crippen molar-refractivity contribution in [3.8, 4) is 11.3 Å². The second kappa shape index (κ2) is 7.45. The molecule has 4 rings (SSSR count). The first kappa shape index (κ1) is 19.9. The van der Waals surface area contributed by atoms with E-state index in [-0.39, 0.29) is 5.56 Å². The molecule has 0 aliphatic heterocycles. The van der Waals surface area contributed by atoms with Crippen molar-refractivity contribution in [3.05, 3.63) is 24.0 Å². The van der Waals surface area contributed by atoms with Crippen LogP contribution in [0.3, 0.4) is 0 Å². The molecule has 29 heavy (non-hydrogen) atoms. The molecule has 0 spiro atoms. The third-order valence-electron chi connectivity index (χ3n) is 5.38. The van der Waals surface area contributed by atoms with E-state index in [2.05, 4.69) is 20.0 Å². The van der Waals surface area contributed by atoms with Crippen LogP contribution in [0.25, 0.3) is 16.2 Å². The first-order valence-electron chi connectivity index (χ1n) is 9.21. The van der Waals surface area contributed by atoms with E-state index in [0.29, 0.717) is 22.8 Å². The predicted molar refractivity (Wildman–Crippen MR) is 105 cm³/mol. The van der Waals surface area contributed by atoms with Crippen LogP contribution < -0.4 is 10.6 Å². The molecule has 1 aliphatic rings. The van der Waals surface area contributed by atoms with Gasteiger partial charge in [0.25, 0.3) is 0 Å². The Labute approximate surface area is 169 Å². The molecular weight excluding hydrogens is 405 g/mol. The quantitative estimate of drug-likeness (QED) is 0.683. The second-order valence-corrected chi connectivity index (χ2v) is 8.10. The molecule has 1 saturated carbocycles. The van der Waals surface area contributed by atoms with E-state index in [1.54, 1.807) is 17.8 Å². The van der Waals surface area contributed by atoms with Crippen molar-refractivity contribution in [2.45, 2.75) is 44.0 Å². The van der Waals surface area contributed by atoms with Gasteiger partial charge in [-0.2, -0.15) is 13.2 Å². The van der Waals surface area contributed by atoms with E-state index in [9.17, 15) is 13.2 Å². The van der Waals surface area contributed by atoms with Gasteiger partial charge in [0.05, 0.1) is 23.6 Å². The predicted octanol–water partition coefficient (Wildman–Crippen LogP) is 3.85. The number of hydrogen-bond donors (Lipinski definition) is 1. The summed E-state index contributed by atoms with van der Waals surface area (Å²) in [4.78, 5) is 10.9. The Morgan fingerprint density at radius 1 is 1.28 bits per heavy atom. The molecule has 156 valence electrons. The Bertz CT molecular complexity index is 977. The largest absolute Gasteiger partial charge is 0.419 e. The van der Waals surface area contributed by atoms with Gasteiger partial charge in [0.2, 0.25) is 10.1 Å². The number of alkyl halides is 3. The number of anilines is 2. The summed E-state index contributed by atoms with van der Waals surface area (Å²) in [7, 11) is 3.76. The molecule has 7 nitrogen and oxygen atoms in total. The summed E-state index contributed by atoms with van der Waals surface area (Å²) in [5, 5.41) is 5.39. The van der Waals surface area contributed by atoms with Crippen LogP contribution in [0, 0.1) is 0 Å². The smallest absolute Gasteiger partial charge is 0.383 e. The fraction of sp³-hybridized carbons (Fsp3) is 0.500. The standard InChI is InChI=1S/C18H21F3N6OS/c1-26(11-3-5-12(28-2)6-4-11)17-25-27-9-14(24-16(27)29-17)10-7-13(18(19,20)21)15(22)23-8-10/h7-9,11-12H,3-6H2,1-2H3,(H2,22,23). The van der Waals surface area contributed by atoms with Gasteiger partial charge in [-0.05, 0) is 31.7 Å². The zero-order valence-electron chi connectivity index (χ0n) is 16.0. The van der Waals surface area contributed by atoms with Gasteiger partial charge in [0, 0.05) is 32.0 Å². The molecule has 3 aromatic rings. The molecule has 0 aromatic carbocycles. The van der Waals surface area contributed by atoms with Gasteiger partial charge in [0.15, 0.2) is 0 Å². The number of ether oxygens (including phenoxy) is 1. The summed E-state index contributed by atoms with van der Waals surface area (Å²) in [5.41, 5.74) is 5.02. The van der Waals surface area contributed by atoms with E-state index >= 15 is 0 Å². The zero-order chi connectivity index (χ0) is 20.8. The van der Waals surface area contributed by atoms with Crippen LogP contribution in [0.1, 0.15) is 31.2 Å². The monoisotopic (exact) mass is 426 g/mol. The number of fused-ring (bicyclic) bond motifs is 1. The van der Waals surface area contributed by atoms with E-state index < -0.39 is 17.6 Å². The summed E-state index contributed by atoms with van der Waals surface area (Å²) in [6.45, 7) is 0. The number of nitrogens with zero attached hydrogens (tertiary/aromatic N) is 5. The van der Waals surface area contributed by atoms with Crippen molar-refractivity contribution in [2.24, 2.45) is 0 Å². The molecule has 3 aromatic heterocycles. The Morgan fingerprint density at radius 2 is 2.00 bits per heavy atom. The number of pyridine rings is 1. The lowest BCUT2D eigenvalue weighted by Crippen LogP contribution is -2.36. The van der Waals surface area contributed by atoms with Gasteiger partial charge in [0.1, 0.15) is 5.82 Å². The highest BCUT2D eigenvalue weighted by Crippen LogP contribution is 2.36. The van der Waals surface area contributed by atoms with Crippen molar-refractivity contribution in [3.63, 3.8) is 0 Å². The highest BCUT2D eigenvalue weighted by Gasteiger charge is 2.34. The van der Waals surface area contributed by atoms with E-state index in [1.807, 2.05) is 7.05 Å². The summed E-state index contributed by atoms with van der Waals surface area (Å²) in [6.07, 6.45) is 2.75. The number of nitrogens with two attached hydrogens (primary N) is 1. The van der Waals surface area contributed by atoms with Crippen molar-refractivity contribution in [1.82, 2.24) is 19.6 Å². The zero-order valence-corrected chi connectivity index (χ0v) is 16.8. The van der Waals surface area contributed by atoms with Crippen LogP contribution in [-0.4, -0.2) is 45.9 Å². The van der Waals surface area contributed by atoms with Crippen molar-refractivity contribution in [1.29, 1.82) is 0 Å². The van der Waals surface area contributed by atoms with Crippen molar-refractivity contribution < 1.29 is 17.9 Å². The lowest BCUT2D eigenvalue weighted by atomic mass is 9.92. The minimum Gasteiger partial charge on any atom is -0.383 e. The average molecular weight is 426 g/mol. The van der Waals surface area contributed by atoms with E-state index in [4.69, 9.17) is 10.5 Å². The second-order valence-electron chi connectivity index (χ2n) is 7.17. The number of aromatic nitrogens is 4. The number of halogens is 3. The molecule has 0 saturated heterocycles. The maximum Gasteiger partial charge on any atom is 0.419 e. The minimum absolute atomic E-state index is 0.247. The fourth-order valence-electron chi connectivity index (χ4n) is 3.64. The number of methoxy groups -OCH3 is 1. The molecule has 11 heteroatoms. The average Bonchev–Trinajstić information content (AvgIpc) is 3.26. The van der Waals surface area contributed by atoms with Crippen LogP contribution in [-0.2, 0) is 10.9 Å². The SMILES string of the molecule is COC1CCC(N(C)c2nn3cc(-c4cnc(N)c(C(F)(F)F)c4)nc3s2)CC1. The minimum atomic E-state index is -4.57. The highest BCUT2D eigenvalue weighted by atomic mass is 32.1. The summed E-state index contributed by atoms with van der Waals surface area (Å²) < 4.78 is 46.3.